The van der Waals surface area contributed by atoms with Gasteiger partial charge in [-0.1, -0.05) is 88.2 Å². The summed E-state index contributed by atoms with van der Waals surface area (Å²) in [6, 6.07) is 30.1. The van der Waals surface area contributed by atoms with Gasteiger partial charge in [0.1, 0.15) is 12.6 Å². The van der Waals surface area contributed by atoms with Crippen LogP contribution in [0.3, 0.4) is 0 Å². The summed E-state index contributed by atoms with van der Waals surface area (Å²) >= 11 is 9.47. The molecule has 1 atom stereocenters. The first-order chi connectivity index (χ1) is 20.5. The van der Waals surface area contributed by atoms with Gasteiger partial charge in [-0.25, -0.2) is 8.42 Å². The van der Waals surface area contributed by atoms with Crippen molar-refractivity contribution in [3.8, 4) is 0 Å². The van der Waals surface area contributed by atoms with Crippen LogP contribution in [0.1, 0.15) is 25.0 Å². The van der Waals surface area contributed by atoms with Crippen LogP contribution in [-0.2, 0) is 32.6 Å². The molecule has 2 amide bonds. The third kappa shape index (κ3) is 8.69. The van der Waals surface area contributed by atoms with Crippen molar-refractivity contribution in [2.45, 2.75) is 43.8 Å². The molecule has 0 aliphatic heterocycles. The maximum atomic E-state index is 14.4. The molecule has 4 aromatic carbocycles. The SMILES string of the molecule is CC(C)NC(=O)[C@@H](Cc1ccccc1)N(Cc1ccc(Br)cc1)C(=O)CN(c1ccccc1)S(=O)(=O)c1ccc(Cl)cc1. The number of benzene rings is 4. The van der Waals surface area contributed by atoms with Gasteiger partial charge in [0.15, 0.2) is 0 Å². The third-order valence-corrected chi connectivity index (χ3v) is 9.26. The van der Waals surface area contributed by atoms with Crippen LogP contribution in [0.25, 0.3) is 0 Å². The second kappa shape index (κ2) is 14.7. The number of hydrogen-bond donors (Lipinski definition) is 1. The van der Waals surface area contributed by atoms with E-state index in [0.717, 1.165) is 19.9 Å². The Morgan fingerprint density at radius 2 is 1.40 bits per heavy atom. The van der Waals surface area contributed by atoms with E-state index in [0.29, 0.717) is 10.7 Å². The van der Waals surface area contributed by atoms with E-state index in [1.54, 1.807) is 30.3 Å². The summed E-state index contributed by atoms with van der Waals surface area (Å²) in [5.74, 6) is -0.847. The van der Waals surface area contributed by atoms with E-state index in [1.807, 2.05) is 68.4 Å². The van der Waals surface area contributed by atoms with E-state index in [1.165, 1.54) is 29.2 Å². The average molecular weight is 683 g/mol. The molecule has 4 aromatic rings. The molecule has 0 aliphatic carbocycles. The molecule has 43 heavy (non-hydrogen) atoms. The number of rotatable bonds is 12. The second-order valence-electron chi connectivity index (χ2n) is 10.3. The standard InChI is InChI=1S/C33H33BrClN3O4S/c1-24(2)36-33(40)31(21-25-9-5-3-6-10-25)37(22-26-13-15-27(34)16-14-26)32(39)23-38(29-11-7-4-8-12-29)43(41,42)30-19-17-28(35)18-20-30/h3-20,24,31H,21-23H2,1-2H3,(H,36,40)/t31-/m1/s1. The minimum atomic E-state index is -4.18. The van der Waals surface area contributed by atoms with Crippen LogP contribution in [-0.4, -0.2) is 43.8 Å². The average Bonchev–Trinajstić information content (AvgIpc) is 2.99. The van der Waals surface area contributed by atoms with Gasteiger partial charge in [0.2, 0.25) is 11.8 Å². The number of halogens is 2. The van der Waals surface area contributed by atoms with Crippen LogP contribution < -0.4 is 9.62 Å². The summed E-state index contributed by atoms with van der Waals surface area (Å²) in [6.45, 7) is 3.28. The first-order valence-corrected chi connectivity index (χ1v) is 16.4. The lowest BCUT2D eigenvalue weighted by atomic mass is 10.0. The highest BCUT2D eigenvalue weighted by atomic mass is 79.9. The molecule has 7 nitrogen and oxygen atoms in total. The Morgan fingerprint density at radius 1 is 0.814 bits per heavy atom. The highest BCUT2D eigenvalue weighted by molar-refractivity contribution is 9.10. The van der Waals surface area contributed by atoms with E-state index in [4.69, 9.17) is 11.6 Å². The lowest BCUT2D eigenvalue weighted by Crippen LogP contribution is -2.54. The Hall–Kier alpha value is -3.66. The van der Waals surface area contributed by atoms with Crippen molar-refractivity contribution >= 4 is 55.1 Å². The molecule has 0 fully saturated rings. The van der Waals surface area contributed by atoms with E-state index < -0.39 is 28.5 Å². The van der Waals surface area contributed by atoms with Gasteiger partial charge in [-0.3, -0.25) is 13.9 Å². The molecule has 1 N–H and O–H groups in total. The normalized spacial score (nSPS) is 12.0. The molecule has 0 saturated heterocycles. The molecule has 0 aliphatic rings. The molecular weight excluding hydrogens is 650 g/mol. The van der Waals surface area contributed by atoms with Gasteiger partial charge < -0.3 is 10.2 Å². The van der Waals surface area contributed by atoms with Gasteiger partial charge in [-0.15, -0.1) is 0 Å². The van der Waals surface area contributed by atoms with Crippen LogP contribution in [0.2, 0.25) is 5.02 Å². The van der Waals surface area contributed by atoms with Gasteiger partial charge in [0.25, 0.3) is 10.0 Å². The Balaban J connectivity index is 1.78. The van der Waals surface area contributed by atoms with E-state index in [-0.39, 0.29) is 29.8 Å². The smallest absolute Gasteiger partial charge is 0.264 e. The Morgan fingerprint density at radius 3 is 1.98 bits per heavy atom. The number of carbonyl (C=O) groups excluding carboxylic acids is 2. The number of nitrogens with one attached hydrogen (secondary N) is 1. The molecule has 0 saturated carbocycles. The monoisotopic (exact) mass is 681 g/mol. The van der Waals surface area contributed by atoms with Crippen molar-refractivity contribution in [1.82, 2.24) is 10.2 Å². The van der Waals surface area contributed by atoms with E-state index in [9.17, 15) is 18.0 Å². The van der Waals surface area contributed by atoms with Crippen molar-refractivity contribution in [1.29, 1.82) is 0 Å². The molecule has 0 heterocycles. The zero-order chi connectivity index (χ0) is 31.0. The van der Waals surface area contributed by atoms with Crippen LogP contribution in [0.4, 0.5) is 5.69 Å². The van der Waals surface area contributed by atoms with Gasteiger partial charge >= 0.3 is 0 Å². The lowest BCUT2D eigenvalue weighted by molar-refractivity contribution is -0.140. The molecule has 0 spiro atoms. The van der Waals surface area contributed by atoms with Gasteiger partial charge in [-0.2, -0.15) is 0 Å². The predicted octanol–water partition coefficient (Wildman–Crippen LogP) is 6.46. The van der Waals surface area contributed by atoms with Gasteiger partial charge in [0.05, 0.1) is 10.6 Å². The molecule has 0 radical (unpaired) electrons. The Kier molecular flexibility index (Phi) is 11.0. The largest absolute Gasteiger partial charge is 0.352 e. The number of carbonyl (C=O) groups is 2. The van der Waals surface area contributed by atoms with Crippen molar-refractivity contribution in [2.24, 2.45) is 0 Å². The molecule has 0 bridgehead atoms. The maximum Gasteiger partial charge on any atom is 0.264 e. The summed E-state index contributed by atoms with van der Waals surface area (Å²) < 4.78 is 29.9. The highest BCUT2D eigenvalue weighted by Crippen LogP contribution is 2.26. The number of anilines is 1. The van der Waals surface area contributed by atoms with Crippen molar-refractivity contribution in [2.75, 3.05) is 10.8 Å². The lowest BCUT2D eigenvalue weighted by Gasteiger charge is -2.34. The fourth-order valence-corrected chi connectivity index (χ4v) is 6.38. The topological polar surface area (TPSA) is 86.8 Å². The van der Waals surface area contributed by atoms with E-state index in [2.05, 4.69) is 21.2 Å². The number of hydrogen-bond acceptors (Lipinski definition) is 4. The van der Waals surface area contributed by atoms with Crippen LogP contribution in [0, 0.1) is 0 Å². The molecule has 0 unspecified atom stereocenters. The summed E-state index contributed by atoms with van der Waals surface area (Å²) in [7, 11) is -4.18. The number of para-hydroxylation sites is 1. The summed E-state index contributed by atoms with van der Waals surface area (Å²) in [5.41, 5.74) is 1.98. The highest BCUT2D eigenvalue weighted by Gasteiger charge is 2.34. The first kappa shape index (κ1) is 32.3. The maximum absolute atomic E-state index is 14.4. The Labute approximate surface area is 266 Å². The van der Waals surface area contributed by atoms with Crippen LogP contribution >= 0.6 is 27.5 Å². The number of amides is 2. The first-order valence-electron chi connectivity index (χ1n) is 13.8. The third-order valence-electron chi connectivity index (χ3n) is 6.69. The zero-order valence-electron chi connectivity index (χ0n) is 23.9. The summed E-state index contributed by atoms with van der Waals surface area (Å²) in [6.07, 6.45) is 0.247. The summed E-state index contributed by atoms with van der Waals surface area (Å²) in [4.78, 5) is 29.5. The molecule has 0 aromatic heterocycles. The van der Waals surface area contributed by atoms with Gasteiger partial charge in [-0.05, 0) is 73.5 Å². The zero-order valence-corrected chi connectivity index (χ0v) is 27.0. The van der Waals surface area contributed by atoms with Crippen molar-refractivity contribution in [3.05, 3.63) is 130 Å². The molecule has 10 heteroatoms. The number of nitrogens with zero attached hydrogens (tertiary/aromatic N) is 2. The van der Waals surface area contributed by atoms with Gasteiger partial charge in [0, 0.05) is 28.5 Å². The molecule has 224 valence electrons. The minimum Gasteiger partial charge on any atom is -0.352 e. The van der Waals surface area contributed by atoms with E-state index >= 15 is 0 Å². The van der Waals surface area contributed by atoms with Crippen LogP contribution in [0.5, 0.6) is 0 Å². The second-order valence-corrected chi connectivity index (χ2v) is 13.5. The predicted molar refractivity (Wildman–Crippen MR) is 174 cm³/mol. The molecular formula is C33H33BrClN3O4S. The fourth-order valence-electron chi connectivity index (χ4n) is 4.58. The van der Waals surface area contributed by atoms with Crippen molar-refractivity contribution in [3.63, 3.8) is 0 Å². The fraction of sp³-hybridized carbons (Fsp3) is 0.212. The quantitative estimate of drug-likeness (QED) is 0.186. The molecule has 4 rings (SSSR count). The number of sulfonamides is 1. The Bertz CT molecular complexity index is 1620. The summed E-state index contributed by atoms with van der Waals surface area (Å²) in [5, 5.41) is 3.35. The van der Waals surface area contributed by atoms with Crippen molar-refractivity contribution < 1.29 is 18.0 Å². The minimum absolute atomic E-state index is 0.00796. The van der Waals surface area contributed by atoms with Crippen LogP contribution in [0.15, 0.2) is 119 Å².